The average Bonchev–Trinajstić information content (AvgIpc) is 3.86. The fraction of sp³-hybridized carbons (Fsp3) is 0.357. The van der Waals surface area contributed by atoms with Crippen LogP contribution in [0.2, 0.25) is 0 Å². The molecule has 41 heavy (non-hydrogen) atoms. The van der Waals surface area contributed by atoms with Gasteiger partial charge in [0, 0.05) is 24.9 Å². The summed E-state index contributed by atoms with van der Waals surface area (Å²) >= 11 is 0. The second-order valence-corrected chi connectivity index (χ2v) is 10.5. The van der Waals surface area contributed by atoms with Crippen LogP contribution in [-0.4, -0.2) is 43.1 Å². The smallest absolute Gasteiger partial charge is 0.383 e. The van der Waals surface area contributed by atoms with Crippen LogP contribution in [0.4, 0.5) is 24.8 Å². The van der Waals surface area contributed by atoms with Gasteiger partial charge in [-0.1, -0.05) is 36.9 Å². The van der Waals surface area contributed by atoms with Crippen molar-refractivity contribution in [3.05, 3.63) is 71.6 Å². The topological polar surface area (TPSA) is 140 Å². The van der Waals surface area contributed by atoms with E-state index in [2.05, 4.69) is 37.2 Å². The van der Waals surface area contributed by atoms with Crippen molar-refractivity contribution in [1.82, 2.24) is 24.8 Å². The van der Waals surface area contributed by atoms with Gasteiger partial charge in [-0.05, 0) is 37.2 Å². The molecule has 3 heterocycles. The van der Waals surface area contributed by atoms with Crippen LogP contribution in [0.25, 0.3) is 6.20 Å². The number of amides is 2. The van der Waals surface area contributed by atoms with Gasteiger partial charge in [-0.25, -0.2) is 15.0 Å². The number of aliphatic imine (C=N–C) groups is 1. The summed E-state index contributed by atoms with van der Waals surface area (Å²) in [7, 11) is 0. The molecule has 4 N–H and O–H groups in total. The maximum absolute atomic E-state index is 13.5. The highest BCUT2D eigenvalue weighted by Gasteiger charge is 2.63. The first kappa shape index (κ1) is 26.7. The highest BCUT2D eigenvalue weighted by atomic mass is 19.4. The van der Waals surface area contributed by atoms with E-state index in [0.29, 0.717) is 12.8 Å². The number of hydrogen-bond acceptors (Lipinski definition) is 7. The van der Waals surface area contributed by atoms with Gasteiger partial charge >= 0.3 is 6.18 Å². The number of carbonyl (C=O) groups is 2. The lowest BCUT2D eigenvalue weighted by molar-refractivity contribution is -0.141. The van der Waals surface area contributed by atoms with Crippen molar-refractivity contribution >= 4 is 35.4 Å². The lowest BCUT2D eigenvalue weighted by Gasteiger charge is -2.26. The molecule has 1 atom stereocenters. The molecule has 3 aromatic rings. The van der Waals surface area contributed by atoms with Crippen molar-refractivity contribution in [2.45, 2.75) is 56.3 Å². The van der Waals surface area contributed by atoms with E-state index in [0.717, 1.165) is 24.6 Å². The number of nitrogens with two attached hydrogens (primary N) is 1. The number of fused-ring (bicyclic) bond motifs is 1. The molecule has 13 heteroatoms. The molecule has 0 bridgehead atoms. The lowest BCUT2D eigenvalue weighted by atomic mass is 9.76. The van der Waals surface area contributed by atoms with Crippen LogP contribution in [0.3, 0.4) is 0 Å². The van der Waals surface area contributed by atoms with Gasteiger partial charge in [0.15, 0.2) is 22.8 Å². The van der Waals surface area contributed by atoms with E-state index in [1.807, 2.05) is 30.3 Å². The van der Waals surface area contributed by atoms with Gasteiger partial charge in [-0.15, -0.1) is 0 Å². The predicted octanol–water partition coefficient (Wildman–Crippen LogP) is 3.49. The number of benzene rings is 1. The molecule has 6 rings (SSSR count). The molecule has 0 saturated heterocycles. The molecule has 2 amide bonds. The molecule has 10 nitrogen and oxygen atoms in total. The minimum Gasteiger partial charge on any atom is -0.383 e. The third-order valence-electron chi connectivity index (χ3n) is 7.53. The Morgan fingerprint density at radius 2 is 1.93 bits per heavy atom. The molecular formula is C28H27F3N8O2. The first-order chi connectivity index (χ1) is 19.6. The fourth-order valence-electron chi connectivity index (χ4n) is 5.27. The van der Waals surface area contributed by atoms with Gasteiger partial charge in [0.1, 0.15) is 11.6 Å². The number of halogens is 3. The van der Waals surface area contributed by atoms with Gasteiger partial charge in [-0.3, -0.25) is 14.6 Å². The summed E-state index contributed by atoms with van der Waals surface area (Å²) in [6.07, 6.45) is 0.731. The van der Waals surface area contributed by atoms with Gasteiger partial charge in [0.25, 0.3) is 0 Å². The second kappa shape index (κ2) is 9.82. The first-order valence-electron chi connectivity index (χ1n) is 13.3. The summed E-state index contributed by atoms with van der Waals surface area (Å²) in [4.78, 5) is 43.9. The summed E-state index contributed by atoms with van der Waals surface area (Å²) < 4.78 is 41.6. The molecule has 1 aliphatic heterocycles. The van der Waals surface area contributed by atoms with Gasteiger partial charge in [0.2, 0.25) is 11.8 Å². The van der Waals surface area contributed by atoms with E-state index in [1.165, 1.54) is 10.8 Å². The van der Waals surface area contributed by atoms with E-state index in [1.54, 1.807) is 0 Å². The SMILES string of the molecule is C=Cn1cc(C(F)(F)F)nc1C(Cc1ccccc1)=NCc1nc(N)c2c(n1)NC(=O)C2(C(=O)NC1CC1)C1CC1. The zero-order valence-corrected chi connectivity index (χ0v) is 21.9. The Kier molecular flexibility index (Phi) is 6.39. The van der Waals surface area contributed by atoms with Crippen molar-refractivity contribution < 1.29 is 22.8 Å². The van der Waals surface area contributed by atoms with Crippen LogP contribution >= 0.6 is 0 Å². The number of anilines is 2. The van der Waals surface area contributed by atoms with E-state index >= 15 is 0 Å². The number of alkyl halides is 3. The zero-order chi connectivity index (χ0) is 28.9. The number of nitrogen functional groups attached to an aromatic ring is 1. The Labute approximate surface area is 233 Å². The van der Waals surface area contributed by atoms with E-state index in [9.17, 15) is 22.8 Å². The number of hydrogen-bond donors (Lipinski definition) is 3. The molecule has 1 unspecified atom stereocenters. The van der Waals surface area contributed by atoms with E-state index < -0.39 is 23.2 Å². The third kappa shape index (κ3) is 4.85. The van der Waals surface area contributed by atoms with Gasteiger partial charge < -0.3 is 20.9 Å². The number of carbonyl (C=O) groups excluding carboxylic acids is 2. The van der Waals surface area contributed by atoms with Crippen LogP contribution in [0.15, 0.2) is 48.1 Å². The third-order valence-corrected chi connectivity index (χ3v) is 7.53. The molecule has 0 spiro atoms. The standard InChI is InChI=1S/C28H27F3N8O2/c1-2-39-14-19(28(29,30)31)35-24(39)18(12-15-6-4-3-5-7-15)33-13-20-36-22(32)21-23(37-20)38-26(41)27(21,16-8-9-16)25(40)34-17-10-11-17/h2-7,14,16-17H,1,8-13H2,(H,34,40)(H3,32,36,37,38,41). The highest BCUT2D eigenvalue weighted by molar-refractivity contribution is 6.21. The summed E-state index contributed by atoms with van der Waals surface area (Å²) in [6.45, 7) is 3.45. The molecular weight excluding hydrogens is 537 g/mol. The van der Waals surface area contributed by atoms with Crippen molar-refractivity contribution in [2.75, 3.05) is 11.1 Å². The number of rotatable bonds is 9. The summed E-state index contributed by atoms with van der Waals surface area (Å²) in [5.41, 5.74) is 5.14. The van der Waals surface area contributed by atoms with Crippen molar-refractivity contribution in [3.8, 4) is 0 Å². The Hall–Kier alpha value is -4.55. The number of aromatic nitrogens is 4. The summed E-state index contributed by atoms with van der Waals surface area (Å²) in [6, 6.07) is 9.15. The van der Waals surface area contributed by atoms with Crippen LogP contribution in [0.5, 0.6) is 0 Å². The molecule has 1 aromatic carbocycles. The lowest BCUT2D eigenvalue weighted by Crippen LogP contribution is -2.51. The number of nitrogens with one attached hydrogen (secondary N) is 2. The minimum atomic E-state index is -4.66. The average molecular weight is 565 g/mol. The Bertz CT molecular complexity index is 1570. The number of nitrogens with zero attached hydrogens (tertiary/aromatic N) is 5. The number of imidazole rings is 1. The van der Waals surface area contributed by atoms with Crippen molar-refractivity contribution in [2.24, 2.45) is 10.9 Å². The second-order valence-electron chi connectivity index (χ2n) is 10.5. The Morgan fingerprint density at radius 1 is 1.20 bits per heavy atom. The molecule has 2 fully saturated rings. The fourth-order valence-corrected chi connectivity index (χ4v) is 5.27. The van der Waals surface area contributed by atoms with E-state index in [-0.39, 0.29) is 65.4 Å². The molecule has 2 aromatic heterocycles. The molecule has 212 valence electrons. The minimum absolute atomic E-state index is 0.00652. The predicted molar refractivity (Wildman–Crippen MR) is 145 cm³/mol. The van der Waals surface area contributed by atoms with Crippen molar-refractivity contribution in [3.63, 3.8) is 0 Å². The molecule has 2 aliphatic carbocycles. The summed E-state index contributed by atoms with van der Waals surface area (Å²) in [5, 5.41) is 5.67. The first-order valence-corrected chi connectivity index (χ1v) is 13.3. The molecule has 2 saturated carbocycles. The molecule has 3 aliphatic rings. The zero-order valence-electron chi connectivity index (χ0n) is 21.9. The quantitative estimate of drug-likeness (QED) is 0.269. The maximum atomic E-state index is 13.5. The van der Waals surface area contributed by atoms with Crippen molar-refractivity contribution in [1.29, 1.82) is 0 Å². The van der Waals surface area contributed by atoms with Gasteiger partial charge in [-0.2, -0.15) is 13.2 Å². The Morgan fingerprint density at radius 3 is 2.56 bits per heavy atom. The largest absolute Gasteiger partial charge is 0.434 e. The highest BCUT2D eigenvalue weighted by Crippen LogP contribution is 2.54. The van der Waals surface area contributed by atoms with Crippen LogP contribution in [0, 0.1) is 5.92 Å². The van der Waals surface area contributed by atoms with Crippen LogP contribution < -0.4 is 16.4 Å². The maximum Gasteiger partial charge on any atom is 0.434 e. The van der Waals surface area contributed by atoms with E-state index in [4.69, 9.17) is 5.73 Å². The normalized spacial score (nSPS) is 20.5. The van der Waals surface area contributed by atoms with Crippen LogP contribution in [0.1, 0.15) is 54.2 Å². The Balaban J connectivity index is 1.37. The van der Waals surface area contributed by atoms with Crippen LogP contribution in [-0.2, 0) is 34.1 Å². The monoisotopic (exact) mass is 564 g/mol. The molecule has 0 radical (unpaired) electrons. The van der Waals surface area contributed by atoms with Gasteiger partial charge in [0.05, 0.1) is 17.8 Å². The summed E-state index contributed by atoms with van der Waals surface area (Å²) in [5.74, 6) is -0.809.